The minimum atomic E-state index is -3.32. The molecule has 0 fully saturated rings. The highest BCUT2D eigenvalue weighted by Crippen LogP contribution is 2.19. The molecule has 5 heteroatoms. The maximum absolute atomic E-state index is 11.8. The van der Waals surface area contributed by atoms with Gasteiger partial charge in [0.25, 0.3) is 10.0 Å². The Morgan fingerprint density at radius 3 is 2.57 bits per heavy atom. The molecule has 0 saturated heterocycles. The zero-order chi connectivity index (χ0) is 10.8. The third kappa shape index (κ3) is 2.80. The van der Waals surface area contributed by atoms with Crippen molar-refractivity contribution in [3.8, 4) is 0 Å². The Kier molecular flexibility index (Phi) is 3.34. The van der Waals surface area contributed by atoms with Crippen LogP contribution < -0.4 is 4.72 Å². The zero-order valence-electron chi connectivity index (χ0n) is 8.57. The molecule has 0 radical (unpaired) electrons. The third-order valence-corrected chi connectivity index (χ3v) is 5.15. The summed E-state index contributed by atoms with van der Waals surface area (Å²) in [5, 5.41) is 1.76. The van der Waals surface area contributed by atoms with Gasteiger partial charge >= 0.3 is 0 Å². The lowest BCUT2D eigenvalue weighted by Gasteiger charge is -2.23. The zero-order valence-corrected chi connectivity index (χ0v) is 10.2. The molecular weight excluding hydrogens is 218 g/mol. The lowest BCUT2D eigenvalue weighted by Crippen LogP contribution is -2.42. The number of hydrogen-bond donors (Lipinski definition) is 1. The average Bonchev–Trinajstić information content (AvgIpc) is 2.54. The molecule has 0 aliphatic heterocycles. The molecule has 0 spiro atoms. The SMILES string of the molecule is CCC(C)(C)NS(=O)(=O)c1cccs1. The van der Waals surface area contributed by atoms with Crippen molar-refractivity contribution in [2.45, 2.75) is 36.9 Å². The Balaban J connectivity index is 2.89. The molecular formula is C9H15NO2S2. The van der Waals surface area contributed by atoms with E-state index >= 15 is 0 Å². The van der Waals surface area contributed by atoms with Crippen LogP contribution in [-0.4, -0.2) is 14.0 Å². The van der Waals surface area contributed by atoms with Gasteiger partial charge in [-0.15, -0.1) is 11.3 Å². The van der Waals surface area contributed by atoms with E-state index < -0.39 is 10.0 Å². The van der Waals surface area contributed by atoms with E-state index in [0.717, 1.165) is 6.42 Å². The van der Waals surface area contributed by atoms with E-state index in [1.54, 1.807) is 17.5 Å². The van der Waals surface area contributed by atoms with Gasteiger partial charge in [-0.1, -0.05) is 13.0 Å². The average molecular weight is 233 g/mol. The van der Waals surface area contributed by atoms with Gasteiger partial charge in [0.2, 0.25) is 0 Å². The first-order valence-corrected chi connectivity index (χ1v) is 6.81. The summed E-state index contributed by atoms with van der Waals surface area (Å²) in [5.74, 6) is 0. The second kappa shape index (κ2) is 4.00. The van der Waals surface area contributed by atoms with Crippen molar-refractivity contribution in [2.75, 3.05) is 0 Å². The minimum absolute atomic E-state index is 0.374. The van der Waals surface area contributed by atoms with Crippen LogP contribution in [0.5, 0.6) is 0 Å². The van der Waals surface area contributed by atoms with Gasteiger partial charge < -0.3 is 0 Å². The van der Waals surface area contributed by atoms with Gasteiger partial charge in [-0.2, -0.15) is 0 Å². The monoisotopic (exact) mass is 233 g/mol. The Morgan fingerprint density at radius 2 is 2.14 bits per heavy atom. The topological polar surface area (TPSA) is 46.2 Å². The second-order valence-electron chi connectivity index (χ2n) is 3.78. The largest absolute Gasteiger partial charge is 0.250 e. The van der Waals surface area contributed by atoms with Crippen molar-refractivity contribution in [1.29, 1.82) is 0 Å². The van der Waals surface area contributed by atoms with Crippen LogP contribution in [0.1, 0.15) is 27.2 Å². The summed E-state index contributed by atoms with van der Waals surface area (Å²) in [5.41, 5.74) is -0.386. The molecule has 1 rings (SSSR count). The van der Waals surface area contributed by atoms with Crippen LogP contribution in [0.4, 0.5) is 0 Å². The van der Waals surface area contributed by atoms with Crippen LogP contribution in [0.25, 0.3) is 0 Å². The Labute approximate surface area is 89.2 Å². The molecule has 0 atom stereocenters. The van der Waals surface area contributed by atoms with Crippen LogP contribution >= 0.6 is 11.3 Å². The van der Waals surface area contributed by atoms with Gasteiger partial charge in [-0.25, -0.2) is 13.1 Å². The van der Waals surface area contributed by atoms with E-state index in [-0.39, 0.29) is 5.54 Å². The lowest BCUT2D eigenvalue weighted by molar-refractivity contribution is 0.440. The van der Waals surface area contributed by atoms with E-state index in [2.05, 4.69) is 4.72 Å². The molecule has 1 aromatic rings. The summed E-state index contributed by atoms with van der Waals surface area (Å²) in [6, 6.07) is 3.34. The molecule has 14 heavy (non-hydrogen) atoms. The van der Waals surface area contributed by atoms with Crippen LogP contribution in [0.15, 0.2) is 21.7 Å². The normalized spacial score (nSPS) is 13.1. The summed E-state index contributed by atoms with van der Waals surface area (Å²) < 4.78 is 26.6. The first-order valence-electron chi connectivity index (χ1n) is 4.45. The molecule has 0 bridgehead atoms. The standard InChI is InChI=1S/C9H15NO2S2/c1-4-9(2,3)10-14(11,12)8-6-5-7-13-8/h5-7,10H,4H2,1-3H3. The van der Waals surface area contributed by atoms with Crippen molar-refractivity contribution in [3.63, 3.8) is 0 Å². The van der Waals surface area contributed by atoms with Gasteiger partial charge in [-0.05, 0) is 31.7 Å². The van der Waals surface area contributed by atoms with Crippen molar-refractivity contribution in [1.82, 2.24) is 4.72 Å². The number of nitrogens with one attached hydrogen (secondary N) is 1. The highest BCUT2D eigenvalue weighted by Gasteiger charge is 2.24. The number of rotatable bonds is 4. The van der Waals surface area contributed by atoms with Gasteiger partial charge in [0, 0.05) is 5.54 Å². The smallest absolute Gasteiger partial charge is 0.206 e. The molecule has 0 saturated carbocycles. The van der Waals surface area contributed by atoms with Crippen molar-refractivity contribution < 1.29 is 8.42 Å². The summed E-state index contributed by atoms with van der Waals surface area (Å²) in [6.07, 6.45) is 0.762. The minimum Gasteiger partial charge on any atom is -0.206 e. The Bertz CT molecular complexity index is 379. The van der Waals surface area contributed by atoms with E-state index in [4.69, 9.17) is 0 Å². The van der Waals surface area contributed by atoms with Gasteiger partial charge in [0.05, 0.1) is 0 Å². The van der Waals surface area contributed by atoms with Gasteiger partial charge in [-0.3, -0.25) is 0 Å². The molecule has 1 aromatic heterocycles. The van der Waals surface area contributed by atoms with Crippen LogP contribution in [0.3, 0.4) is 0 Å². The lowest BCUT2D eigenvalue weighted by atomic mass is 10.0. The van der Waals surface area contributed by atoms with Crippen molar-refractivity contribution in [2.24, 2.45) is 0 Å². The van der Waals surface area contributed by atoms with E-state index in [0.29, 0.717) is 4.21 Å². The molecule has 1 N–H and O–H groups in total. The van der Waals surface area contributed by atoms with Crippen LogP contribution in [0, 0.1) is 0 Å². The van der Waals surface area contributed by atoms with Crippen molar-refractivity contribution >= 4 is 21.4 Å². The summed E-state index contributed by atoms with van der Waals surface area (Å²) in [7, 11) is -3.32. The van der Waals surface area contributed by atoms with Crippen LogP contribution in [0.2, 0.25) is 0 Å². The fourth-order valence-corrected chi connectivity index (χ4v) is 3.38. The number of hydrogen-bond acceptors (Lipinski definition) is 3. The van der Waals surface area contributed by atoms with Crippen molar-refractivity contribution in [3.05, 3.63) is 17.5 Å². The summed E-state index contributed by atoms with van der Waals surface area (Å²) in [4.78, 5) is 0. The molecule has 1 heterocycles. The van der Waals surface area contributed by atoms with Gasteiger partial charge in [0.15, 0.2) is 0 Å². The molecule has 0 amide bonds. The highest BCUT2D eigenvalue weighted by atomic mass is 32.2. The maximum Gasteiger partial charge on any atom is 0.250 e. The maximum atomic E-state index is 11.8. The second-order valence-corrected chi connectivity index (χ2v) is 6.63. The predicted octanol–water partition coefficient (Wildman–Crippen LogP) is 2.21. The Hall–Kier alpha value is -0.390. The van der Waals surface area contributed by atoms with E-state index in [9.17, 15) is 8.42 Å². The van der Waals surface area contributed by atoms with Gasteiger partial charge in [0.1, 0.15) is 4.21 Å². The molecule has 0 aliphatic carbocycles. The van der Waals surface area contributed by atoms with E-state index in [1.807, 2.05) is 20.8 Å². The number of sulfonamides is 1. The number of thiophene rings is 1. The Morgan fingerprint density at radius 1 is 1.50 bits per heavy atom. The molecule has 80 valence electrons. The first kappa shape index (κ1) is 11.7. The molecule has 3 nitrogen and oxygen atoms in total. The summed E-state index contributed by atoms with van der Waals surface area (Å²) in [6.45, 7) is 5.70. The first-order chi connectivity index (χ1) is 6.37. The van der Waals surface area contributed by atoms with E-state index in [1.165, 1.54) is 11.3 Å². The fraction of sp³-hybridized carbons (Fsp3) is 0.556. The van der Waals surface area contributed by atoms with Crippen LogP contribution in [-0.2, 0) is 10.0 Å². The molecule has 0 aliphatic rings. The predicted molar refractivity (Wildman–Crippen MR) is 59.0 cm³/mol. The molecule has 0 unspecified atom stereocenters. The molecule has 0 aromatic carbocycles. The highest BCUT2D eigenvalue weighted by molar-refractivity contribution is 7.91. The quantitative estimate of drug-likeness (QED) is 0.866. The summed E-state index contributed by atoms with van der Waals surface area (Å²) >= 11 is 1.23. The third-order valence-electron chi connectivity index (χ3n) is 2.05. The fourth-order valence-electron chi connectivity index (χ4n) is 0.903.